The Kier molecular flexibility index (Phi) is 9.80. The number of fused-ring (bicyclic) bond motifs is 3. The first-order valence-corrected chi connectivity index (χ1v) is 22.0. The van der Waals surface area contributed by atoms with Crippen molar-refractivity contribution in [3.63, 3.8) is 0 Å². The molecule has 3 rings (SSSR count). The summed E-state index contributed by atoms with van der Waals surface area (Å²) in [7, 11) is 0. The SMILES string of the molecule is CCCCC(=O)[NH][Hf+2]([CH]1c2ccccc2-c2ccccc21)[SiH](C)C.[Cl-].[Cl-]. The van der Waals surface area contributed by atoms with Crippen molar-refractivity contribution >= 4 is 11.9 Å². The van der Waals surface area contributed by atoms with Crippen molar-refractivity contribution in [1.82, 2.24) is 3.30 Å². The molecule has 2 aromatic rings. The molecule has 1 aliphatic carbocycles. The number of amides is 1. The Bertz CT molecular complexity index is 696. The Morgan fingerprint density at radius 1 is 1.00 bits per heavy atom. The van der Waals surface area contributed by atoms with Gasteiger partial charge in [-0.2, -0.15) is 0 Å². The quantitative estimate of drug-likeness (QED) is 0.423. The molecule has 26 heavy (non-hydrogen) atoms. The predicted octanol–water partition coefficient (Wildman–Crippen LogP) is -1.41. The third kappa shape index (κ3) is 4.89. The molecule has 0 radical (unpaired) electrons. The zero-order valence-electron chi connectivity index (χ0n) is 15.6. The van der Waals surface area contributed by atoms with E-state index < -0.39 is 26.9 Å². The number of unbranched alkanes of at least 4 members (excludes halogenated alkanes) is 1. The van der Waals surface area contributed by atoms with Gasteiger partial charge in [-0.3, -0.25) is 0 Å². The van der Waals surface area contributed by atoms with Gasteiger partial charge in [-0.15, -0.1) is 0 Å². The number of benzene rings is 2. The minimum absolute atomic E-state index is 0. The molecule has 0 spiro atoms. The Morgan fingerprint density at radius 2 is 1.50 bits per heavy atom. The van der Waals surface area contributed by atoms with Gasteiger partial charge in [0.25, 0.3) is 0 Å². The molecule has 0 saturated heterocycles. The van der Waals surface area contributed by atoms with E-state index in [1.54, 1.807) is 0 Å². The van der Waals surface area contributed by atoms with E-state index in [1.165, 1.54) is 22.3 Å². The van der Waals surface area contributed by atoms with Crippen molar-refractivity contribution in [2.24, 2.45) is 0 Å². The van der Waals surface area contributed by atoms with E-state index in [0.717, 1.165) is 12.8 Å². The number of nitrogens with one attached hydrogen (secondary N) is 1. The molecule has 6 heteroatoms. The fourth-order valence-electron chi connectivity index (χ4n) is 3.60. The topological polar surface area (TPSA) is 29.1 Å². The largest absolute Gasteiger partial charge is 1.00 e. The van der Waals surface area contributed by atoms with Gasteiger partial charge in [0.1, 0.15) is 0 Å². The van der Waals surface area contributed by atoms with Crippen LogP contribution in [0.3, 0.4) is 0 Å². The smallest absolute Gasteiger partial charge is 1.00 e. The van der Waals surface area contributed by atoms with E-state index in [2.05, 4.69) is 71.9 Å². The molecule has 0 unspecified atom stereocenters. The second-order valence-electron chi connectivity index (χ2n) is 6.87. The molecule has 2 nitrogen and oxygen atoms in total. The Labute approximate surface area is 178 Å². The zero-order valence-corrected chi connectivity index (χ0v) is 21.8. The van der Waals surface area contributed by atoms with Gasteiger partial charge in [0.2, 0.25) is 0 Å². The molecule has 0 fully saturated rings. The summed E-state index contributed by atoms with van der Waals surface area (Å²) in [5.41, 5.74) is 5.71. The van der Waals surface area contributed by atoms with Crippen molar-refractivity contribution in [3.05, 3.63) is 59.7 Å². The maximum Gasteiger partial charge on any atom is -1.00 e. The first-order valence-electron chi connectivity index (χ1n) is 8.98. The summed E-state index contributed by atoms with van der Waals surface area (Å²) in [5, 5.41) is 0. The van der Waals surface area contributed by atoms with Crippen molar-refractivity contribution in [2.75, 3.05) is 0 Å². The third-order valence-electron chi connectivity index (χ3n) is 4.81. The van der Waals surface area contributed by atoms with Gasteiger partial charge in [0.15, 0.2) is 0 Å². The summed E-state index contributed by atoms with van der Waals surface area (Å²) < 4.78 is 4.12. The van der Waals surface area contributed by atoms with Crippen LogP contribution >= 0.6 is 0 Å². The molecular weight excluding hydrogens is 548 g/mol. The molecule has 0 atom stereocenters. The molecular formula is C20H26Cl2HfNOSi. The van der Waals surface area contributed by atoms with E-state index >= 15 is 0 Å². The van der Waals surface area contributed by atoms with Crippen LogP contribution in [-0.2, 0) is 25.7 Å². The minimum atomic E-state index is -2.28. The molecule has 0 saturated carbocycles. The van der Waals surface area contributed by atoms with Crippen LogP contribution in [0, 0.1) is 0 Å². The Morgan fingerprint density at radius 3 is 1.96 bits per heavy atom. The normalized spacial score (nSPS) is 11.8. The van der Waals surface area contributed by atoms with Crippen molar-refractivity contribution in [3.8, 4) is 11.1 Å². The maximum atomic E-state index is 12.5. The van der Waals surface area contributed by atoms with Crippen LogP contribution in [0.1, 0.15) is 41.0 Å². The molecule has 0 bridgehead atoms. The van der Waals surface area contributed by atoms with Crippen LogP contribution in [0.5, 0.6) is 0 Å². The third-order valence-corrected chi connectivity index (χ3v) is 29.9. The van der Waals surface area contributed by atoms with Gasteiger partial charge < -0.3 is 24.8 Å². The van der Waals surface area contributed by atoms with Crippen molar-refractivity contribution in [1.29, 1.82) is 0 Å². The second kappa shape index (κ2) is 10.8. The van der Waals surface area contributed by atoms with E-state index in [1.807, 2.05) is 0 Å². The second-order valence-corrected chi connectivity index (χ2v) is 33.0. The van der Waals surface area contributed by atoms with Crippen LogP contribution in [0.2, 0.25) is 13.1 Å². The molecule has 0 heterocycles. The summed E-state index contributed by atoms with van der Waals surface area (Å²) in [5.74, 6) is -0.558. The number of carbonyl (C=O) groups excluding carboxylic acids is 1. The maximum absolute atomic E-state index is 12.5. The van der Waals surface area contributed by atoms with Crippen molar-refractivity contribution < 1.29 is 50.5 Å². The average Bonchev–Trinajstić information content (AvgIpc) is 2.92. The first kappa shape index (κ1) is 23.6. The molecule has 1 aliphatic rings. The van der Waals surface area contributed by atoms with Gasteiger partial charge >= 0.3 is 155 Å². The van der Waals surface area contributed by atoms with Crippen molar-refractivity contribution in [2.45, 2.75) is 43.0 Å². The van der Waals surface area contributed by atoms with E-state index in [9.17, 15) is 4.79 Å². The summed E-state index contributed by atoms with van der Waals surface area (Å²) >= 11 is -2.28. The van der Waals surface area contributed by atoms with E-state index in [0.29, 0.717) is 16.0 Å². The number of hydrogen-bond acceptors (Lipinski definition) is 1. The summed E-state index contributed by atoms with van der Waals surface area (Å²) in [6.45, 7) is 7.02. The molecule has 139 valence electrons. The number of halogens is 2. The van der Waals surface area contributed by atoms with E-state index in [-0.39, 0.29) is 24.8 Å². The van der Waals surface area contributed by atoms with Crippen LogP contribution in [0.15, 0.2) is 48.5 Å². The van der Waals surface area contributed by atoms with Gasteiger partial charge in [-0.25, -0.2) is 0 Å². The molecule has 1 N–H and O–H groups in total. The van der Waals surface area contributed by atoms with Crippen LogP contribution in [-0.4, -0.2) is 11.9 Å². The monoisotopic (exact) mass is 574 g/mol. The molecule has 0 aromatic heterocycles. The number of rotatable bonds is 6. The Balaban J connectivity index is 0.00000169. The van der Waals surface area contributed by atoms with Crippen LogP contribution in [0.25, 0.3) is 11.1 Å². The summed E-state index contributed by atoms with van der Waals surface area (Å²) in [6, 6.07) is 17.7. The standard InChI is InChI=1S/C13H9.C5H11NO.C2H7Si.2ClH.Hf/c1-3-7-12-10(5-1)9-11-6-2-4-8-13(11)12;1-2-3-4-5(6)7;1-3-2;;;/h1-9H;2-4H2,1H3,(H2,6,7);3H,1-2H3;2*1H;/q;;;;;+3/p-3. The van der Waals surface area contributed by atoms with Crippen LogP contribution < -0.4 is 28.1 Å². The molecule has 0 aliphatic heterocycles. The van der Waals surface area contributed by atoms with Gasteiger partial charge in [-0.05, 0) is 0 Å². The minimum Gasteiger partial charge on any atom is -1.00 e. The fourth-order valence-corrected chi connectivity index (χ4v) is 25.5. The number of carbonyl (C=O) groups is 1. The summed E-state index contributed by atoms with van der Waals surface area (Å²) in [6.07, 6.45) is 2.78. The molecule has 2 aromatic carbocycles. The predicted molar refractivity (Wildman–Crippen MR) is 100 cm³/mol. The van der Waals surface area contributed by atoms with Gasteiger partial charge in [0, 0.05) is 0 Å². The summed E-state index contributed by atoms with van der Waals surface area (Å²) in [4.78, 5) is 12.5. The number of hydrogen-bond donors (Lipinski definition) is 1. The Hall–Kier alpha value is -0.423. The average molecular weight is 574 g/mol. The zero-order chi connectivity index (χ0) is 17.1. The fraction of sp³-hybridized carbons (Fsp3) is 0.350. The van der Waals surface area contributed by atoms with Gasteiger partial charge in [-0.1, -0.05) is 0 Å². The van der Waals surface area contributed by atoms with E-state index in [4.69, 9.17) is 0 Å². The first-order chi connectivity index (χ1) is 11.6. The van der Waals surface area contributed by atoms with Gasteiger partial charge in [0.05, 0.1) is 0 Å². The molecule has 1 amide bonds. The van der Waals surface area contributed by atoms with Crippen LogP contribution in [0.4, 0.5) is 0 Å².